The molecule has 2 aromatic rings. The lowest BCUT2D eigenvalue weighted by Gasteiger charge is -2.25. The summed E-state index contributed by atoms with van der Waals surface area (Å²) in [5, 5.41) is 14.8. The second kappa shape index (κ2) is 7.13. The van der Waals surface area contributed by atoms with Crippen LogP contribution in [0.3, 0.4) is 0 Å². The van der Waals surface area contributed by atoms with E-state index in [9.17, 15) is 19.1 Å². The van der Waals surface area contributed by atoms with Crippen molar-refractivity contribution in [1.82, 2.24) is 4.98 Å². The molecule has 2 fully saturated rings. The minimum atomic E-state index is -0.905. The summed E-state index contributed by atoms with van der Waals surface area (Å²) in [7, 11) is 0. The van der Waals surface area contributed by atoms with Crippen molar-refractivity contribution in [2.45, 2.75) is 26.7 Å². The first-order chi connectivity index (χ1) is 13.4. The van der Waals surface area contributed by atoms with Gasteiger partial charge in [0.1, 0.15) is 5.82 Å². The molecule has 28 heavy (non-hydrogen) atoms. The largest absolute Gasteiger partial charge is 0.481 e. The van der Waals surface area contributed by atoms with Crippen LogP contribution in [-0.4, -0.2) is 22.0 Å². The molecule has 4 rings (SSSR count). The molecule has 1 aromatic heterocycles. The fraction of sp³-hybridized carbons (Fsp3) is 0.381. The first kappa shape index (κ1) is 18.8. The number of carboxylic acid groups (broad SMARTS) is 1. The van der Waals surface area contributed by atoms with Crippen molar-refractivity contribution in [1.29, 1.82) is 0 Å². The highest BCUT2D eigenvalue weighted by molar-refractivity contribution is 7.14. The predicted octanol–water partition coefficient (Wildman–Crippen LogP) is 4.58. The minimum absolute atomic E-state index is 0.00682. The van der Waals surface area contributed by atoms with E-state index in [2.05, 4.69) is 10.3 Å². The number of aromatic nitrogens is 1. The highest BCUT2D eigenvalue weighted by Crippen LogP contribution is 2.57. The normalized spacial score (nSPS) is 25.8. The summed E-state index contributed by atoms with van der Waals surface area (Å²) in [6, 6.07) is 5.99. The molecule has 0 saturated heterocycles. The topological polar surface area (TPSA) is 79.3 Å². The Morgan fingerprint density at radius 2 is 1.79 bits per heavy atom. The van der Waals surface area contributed by atoms with Gasteiger partial charge in [-0.05, 0) is 62.8 Å². The number of nitrogens with one attached hydrogen (secondary N) is 1. The van der Waals surface area contributed by atoms with Crippen LogP contribution < -0.4 is 5.32 Å². The quantitative estimate of drug-likeness (QED) is 0.736. The van der Waals surface area contributed by atoms with Crippen molar-refractivity contribution in [3.05, 3.63) is 46.6 Å². The van der Waals surface area contributed by atoms with Crippen molar-refractivity contribution in [2.75, 3.05) is 5.32 Å². The van der Waals surface area contributed by atoms with Crippen LogP contribution in [0.25, 0.3) is 11.3 Å². The van der Waals surface area contributed by atoms with Gasteiger partial charge in [0, 0.05) is 10.9 Å². The third kappa shape index (κ3) is 3.13. The number of fused-ring (bicyclic) bond motifs is 2. The molecule has 0 aliphatic heterocycles. The minimum Gasteiger partial charge on any atom is -0.481 e. The van der Waals surface area contributed by atoms with Crippen molar-refractivity contribution in [2.24, 2.45) is 23.7 Å². The molecule has 7 heteroatoms. The van der Waals surface area contributed by atoms with E-state index in [1.807, 2.05) is 13.8 Å². The highest BCUT2D eigenvalue weighted by Gasteiger charge is 2.57. The Balaban J connectivity index is 1.56. The third-order valence-electron chi connectivity index (χ3n) is 5.88. The number of carboxylic acids is 1. The molecule has 2 saturated carbocycles. The molecular weight excluding hydrogens is 379 g/mol. The van der Waals surface area contributed by atoms with Gasteiger partial charge in [-0.15, -0.1) is 11.3 Å². The summed E-state index contributed by atoms with van der Waals surface area (Å²) >= 11 is 1.28. The van der Waals surface area contributed by atoms with Crippen LogP contribution in [0.1, 0.15) is 26.7 Å². The summed E-state index contributed by atoms with van der Waals surface area (Å²) < 4.78 is 13.1. The van der Waals surface area contributed by atoms with Crippen molar-refractivity contribution in [3.63, 3.8) is 0 Å². The van der Waals surface area contributed by atoms with E-state index in [4.69, 9.17) is 0 Å². The Labute approximate surface area is 166 Å². The van der Waals surface area contributed by atoms with Crippen LogP contribution in [-0.2, 0) is 9.59 Å². The van der Waals surface area contributed by atoms with E-state index in [0.29, 0.717) is 10.8 Å². The van der Waals surface area contributed by atoms with Gasteiger partial charge in [-0.2, -0.15) is 0 Å². The second-order valence-corrected chi connectivity index (χ2v) is 8.53. The maximum atomic E-state index is 13.1. The number of halogens is 1. The van der Waals surface area contributed by atoms with Crippen LogP contribution in [0.4, 0.5) is 9.52 Å². The van der Waals surface area contributed by atoms with E-state index in [-0.39, 0.29) is 23.6 Å². The molecule has 2 bridgehead atoms. The standard InChI is InChI=1S/C21H21FN2O3S/c1-10(2)16-13-7-8-14(16)18(20(26)27)17(13)19(25)24-21-23-15(9-28-21)11-3-5-12(22)6-4-11/h3-6,9,13-14,17-18H,7-8H2,1-2H3,(H,26,27)(H,23,24,25)/t13-,14-,17+,18+/m0/s1. The first-order valence-electron chi connectivity index (χ1n) is 9.29. The lowest BCUT2D eigenvalue weighted by molar-refractivity contribution is -0.148. The number of anilines is 1. The van der Waals surface area contributed by atoms with Crippen molar-refractivity contribution < 1.29 is 19.1 Å². The van der Waals surface area contributed by atoms with E-state index in [1.54, 1.807) is 17.5 Å². The average molecular weight is 400 g/mol. The number of carbonyl (C=O) groups is 2. The number of hydrogen-bond donors (Lipinski definition) is 2. The van der Waals surface area contributed by atoms with Crippen LogP contribution in [0.5, 0.6) is 0 Å². The SMILES string of the molecule is CC(C)=C1[C@@H]2CC[C@@H]1[C@@H](C(=O)Nc1nc(-c3ccc(F)cc3)cs1)[C@@H]2C(=O)O. The summed E-state index contributed by atoms with van der Waals surface area (Å²) in [5.41, 5.74) is 3.68. The Bertz CT molecular complexity index is 962. The zero-order valence-electron chi connectivity index (χ0n) is 15.6. The molecule has 1 aromatic carbocycles. The van der Waals surface area contributed by atoms with Gasteiger partial charge in [0.2, 0.25) is 5.91 Å². The smallest absolute Gasteiger partial charge is 0.307 e. The fourth-order valence-corrected chi connectivity index (χ4v) is 5.60. The van der Waals surface area contributed by atoms with Gasteiger partial charge < -0.3 is 10.4 Å². The lowest BCUT2D eigenvalue weighted by atomic mass is 9.79. The Morgan fingerprint density at radius 1 is 1.14 bits per heavy atom. The Morgan fingerprint density at radius 3 is 2.39 bits per heavy atom. The molecule has 2 aliphatic rings. The number of rotatable bonds is 4. The molecule has 2 N–H and O–H groups in total. The number of carbonyl (C=O) groups excluding carboxylic acids is 1. The summed E-state index contributed by atoms with van der Waals surface area (Å²) in [5.74, 6) is -2.81. The van der Waals surface area contributed by atoms with E-state index in [0.717, 1.165) is 29.6 Å². The number of nitrogens with zero attached hydrogens (tertiary/aromatic N) is 1. The van der Waals surface area contributed by atoms with Gasteiger partial charge in [0.25, 0.3) is 0 Å². The number of amides is 1. The monoisotopic (exact) mass is 400 g/mol. The molecule has 1 heterocycles. The summed E-state index contributed by atoms with van der Waals surface area (Å²) in [6.45, 7) is 3.99. The number of aliphatic carboxylic acids is 1. The van der Waals surface area contributed by atoms with Crippen LogP contribution in [0, 0.1) is 29.5 Å². The maximum Gasteiger partial charge on any atom is 0.307 e. The number of thiazole rings is 1. The molecule has 0 spiro atoms. The number of allylic oxidation sites excluding steroid dienone is 2. The molecule has 0 unspecified atom stereocenters. The van der Waals surface area contributed by atoms with Gasteiger partial charge >= 0.3 is 5.97 Å². The summed E-state index contributed by atoms with van der Waals surface area (Å²) in [4.78, 5) is 29.3. The molecular formula is C21H21FN2O3S. The Hall–Kier alpha value is -2.54. The molecule has 2 aliphatic carbocycles. The molecule has 0 radical (unpaired) electrons. The first-order valence-corrected chi connectivity index (χ1v) is 10.2. The van der Waals surface area contributed by atoms with Gasteiger partial charge in [0.05, 0.1) is 17.5 Å². The zero-order valence-corrected chi connectivity index (χ0v) is 16.4. The third-order valence-corrected chi connectivity index (χ3v) is 6.64. The van der Waals surface area contributed by atoms with E-state index < -0.39 is 17.8 Å². The highest BCUT2D eigenvalue weighted by atomic mass is 32.1. The molecule has 5 nitrogen and oxygen atoms in total. The van der Waals surface area contributed by atoms with Gasteiger partial charge in [-0.1, -0.05) is 11.1 Å². The van der Waals surface area contributed by atoms with Gasteiger partial charge in [0.15, 0.2) is 5.13 Å². The van der Waals surface area contributed by atoms with Crippen molar-refractivity contribution >= 4 is 28.3 Å². The molecule has 4 atom stereocenters. The predicted molar refractivity (Wildman–Crippen MR) is 105 cm³/mol. The summed E-state index contributed by atoms with van der Waals surface area (Å²) in [6.07, 6.45) is 1.68. The molecule has 146 valence electrons. The van der Waals surface area contributed by atoms with Crippen molar-refractivity contribution in [3.8, 4) is 11.3 Å². The fourth-order valence-electron chi connectivity index (χ4n) is 4.88. The van der Waals surface area contributed by atoms with Crippen LogP contribution >= 0.6 is 11.3 Å². The number of benzene rings is 1. The van der Waals surface area contributed by atoms with E-state index in [1.165, 1.54) is 23.5 Å². The van der Waals surface area contributed by atoms with Gasteiger partial charge in [-0.3, -0.25) is 9.59 Å². The van der Waals surface area contributed by atoms with E-state index >= 15 is 0 Å². The van der Waals surface area contributed by atoms with Crippen LogP contribution in [0.15, 0.2) is 40.8 Å². The average Bonchev–Trinajstić information content (AvgIpc) is 3.35. The zero-order chi connectivity index (χ0) is 20.0. The second-order valence-electron chi connectivity index (χ2n) is 7.67. The maximum absolute atomic E-state index is 13.1. The lowest BCUT2D eigenvalue weighted by Crippen LogP contribution is -2.37. The van der Waals surface area contributed by atoms with Gasteiger partial charge in [-0.25, -0.2) is 9.37 Å². The van der Waals surface area contributed by atoms with Crippen LogP contribution in [0.2, 0.25) is 0 Å². The molecule has 1 amide bonds. The Kier molecular flexibility index (Phi) is 4.79. The number of hydrogen-bond acceptors (Lipinski definition) is 4.